The van der Waals surface area contributed by atoms with E-state index >= 15 is 0 Å². The van der Waals surface area contributed by atoms with Gasteiger partial charge in [-0.2, -0.15) is 13.2 Å². The Morgan fingerprint density at radius 2 is 2.00 bits per heavy atom. The first-order valence-corrected chi connectivity index (χ1v) is 7.72. The lowest BCUT2D eigenvalue weighted by Crippen LogP contribution is -2.52. The highest BCUT2D eigenvalue weighted by atomic mass is 32.2. The molecule has 1 aliphatic heterocycles. The maximum absolute atomic E-state index is 12.2. The molecule has 112 valence electrons. The summed E-state index contributed by atoms with van der Waals surface area (Å²) in [7, 11) is 0. The maximum atomic E-state index is 12.2. The van der Waals surface area contributed by atoms with E-state index in [1.165, 1.54) is 5.56 Å². The van der Waals surface area contributed by atoms with Gasteiger partial charge in [-0.15, -0.1) is 0 Å². The van der Waals surface area contributed by atoms with Crippen LogP contribution in [0.15, 0.2) is 30.3 Å². The van der Waals surface area contributed by atoms with Crippen molar-refractivity contribution in [1.29, 1.82) is 0 Å². The monoisotopic (exact) mass is 304 g/mol. The highest BCUT2D eigenvalue weighted by Gasteiger charge is 2.29. The van der Waals surface area contributed by atoms with Crippen LogP contribution in [0.5, 0.6) is 0 Å². The predicted octanol–water partition coefficient (Wildman–Crippen LogP) is 2.76. The Bertz CT molecular complexity index is 397. The third-order valence-electron chi connectivity index (χ3n) is 3.43. The number of hydrogen-bond acceptors (Lipinski definition) is 3. The molecular weight excluding hydrogens is 285 g/mol. The van der Waals surface area contributed by atoms with E-state index in [4.69, 9.17) is 0 Å². The van der Waals surface area contributed by atoms with Gasteiger partial charge in [0, 0.05) is 38.0 Å². The molecule has 1 heterocycles. The van der Waals surface area contributed by atoms with Crippen molar-refractivity contribution >= 4 is 11.8 Å². The number of hydrogen-bond donors (Lipinski definition) is 1. The van der Waals surface area contributed by atoms with Gasteiger partial charge in [-0.1, -0.05) is 30.3 Å². The van der Waals surface area contributed by atoms with Gasteiger partial charge < -0.3 is 5.32 Å². The molecule has 1 atom stereocenters. The van der Waals surface area contributed by atoms with Gasteiger partial charge >= 0.3 is 5.51 Å². The molecule has 2 nitrogen and oxygen atoms in total. The zero-order valence-corrected chi connectivity index (χ0v) is 12.0. The minimum absolute atomic E-state index is 0.0735. The van der Waals surface area contributed by atoms with Gasteiger partial charge in [-0.3, -0.25) is 4.90 Å². The van der Waals surface area contributed by atoms with E-state index in [1.54, 1.807) is 0 Å². The molecule has 1 unspecified atom stereocenters. The Morgan fingerprint density at radius 1 is 1.25 bits per heavy atom. The second-order valence-electron chi connectivity index (χ2n) is 4.88. The maximum Gasteiger partial charge on any atom is 0.441 e. The quantitative estimate of drug-likeness (QED) is 0.900. The Hall–Kier alpha value is -0.720. The lowest BCUT2D eigenvalue weighted by Gasteiger charge is -2.36. The average Bonchev–Trinajstić information content (AvgIpc) is 2.40. The summed E-state index contributed by atoms with van der Waals surface area (Å²) in [5.41, 5.74) is -2.89. The Kier molecular flexibility index (Phi) is 5.74. The van der Waals surface area contributed by atoms with E-state index in [0.29, 0.717) is 6.54 Å². The second-order valence-corrected chi connectivity index (χ2v) is 6.04. The van der Waals surface area contributed by atoms with Crippen molar-refractivity contribution in [3.63, 3.8) is 0 Å². The summed E-state index contributed by atoms with van der Waals surface area (Å²) in [6.45, 7) is 2.99. The van der Waals surface area contributed by atoms with Crippen molar-refractivity contribution in [2.24, 2.45) is 0 Å². The van der Waals surface area contributed by atoms with Crippen LogP contribution in [0.2, 0.25) is 0 Å². The molecule has 0 aliphatic carbocycles. The summed E-state index contributed by atoms with van der Waals surface area (Å²) in [5.74, 6) is 0.106. The highest BCUT2D eigenvalue weighted by Crippen LogP contribution is 2.30. The lowest BCUT2D eigenvalue weighted by atomic mass is 10.0. The van der Waals surface area contributed by atoms with Crippen LogP contribution < -0.4 is 5.32 Å². The SMILES string of the molecule is FC(F)(F)SCCN1CCNCC1Cc1ccccc1. The molecule has 20 heavy (non-hydrogen) atoms. The van der Waals surface area contributed by atoms with Crippen LogP contribution in [0.25, 0.3) is 0 Å². The van der Waals surface area contributed by atoms with Crippen LogP contribution in [0.4, 0.5) is 13.2 Å². The highest BCUT2D eigenvalue weighted by molar-refractivity contribution is 8.00. The minimum atomic E-state index is -4.12. The number of nitrogens with one attached hydrogen (secondary N) is 1. The third kappa shape index (κ3) is 5.34. The largest absolute Gasteiger partial charge is 0.441 e. The van der Waals surface area contributed by atoms with Crippen LogP contribution in [0.3, 0.4) is 0 Å². The van der Waals surface area contributed by atoms with Gasteiger partial charge in [0.25, 0.3) is 0 Å². The molecular formula is C14H19F3N2S. The molecule has 0 aromatic heterocycles. The fraction of sp³-hybridized carbons (Fsp3) is 0.571. The van der Waals surface area contributed by atoms with Gasteiger partial charge in [0.2, 0.25) is 0 Å². The summed E-state index contributed by atoms with van der Waals surface area (Å²) >= 11 is 0.0735. The molecule has 1 fully saturated rings. The van der Waals surface area contributed by atoms with E-state index < -0.39 is 5.51 Å². The van der Waals surface area contributed by atoms with E-state index in [0.717, 1.165) is 26.1 Å². The lowest BCUT2D eigenvalue weighted by molar-refractivity contribution is -0.0329. The van der Waals surface area contributed by atoms with Gasteiger partial charge in [-0.05, 0) is 23.7 Å². The molecule has 0 radical (unpaired) electrons. The smallest absolute Gasteiger partial charge is 0.314 e. The van der Waals surface area contributed by atoms with E-state index in [2.05, 4.69) is 22.3 Å². The topological polar surface area (TPSA) is 15.3 Å². The van der Waals surface area contributed by atoms with Crippen molar-refractivity contribution in [2.75, 3.05) is 31.9 Å². The molecule has 1 aromatic carbocycles. The van der Waals surface area contributed by atoms with E-state index in [9.17, 15) is 13.2 Å². The fourth-order valence-corrected chi connectivity index (χ4v) is 3.02. The Balaban J connectivity index is 1.85. The molecule has 1 saturated heterocycles. The summed E-state index contributed by atoms with van der Waals surface area (Å²) in [4.78, 5) is 2.17. The van der Waals surface area contributed by atoms with Gasteiger partial charge in [0.1, 0.15) is 0 Å². The number of alkyl halides is 3. The first kappa shape index (κ1) is 15.7. The van der Waals surface area contributed by atoms with Crippen LogP contribution >= 0.6 is 11.8 Å². The standard InChI is InChI=1S/C14H19F3N2S/c15-14(16,17)20-9-8-19-7-6-18-11-13(19)10-12-4-2-1-3-5-12/h1-5,13,18H,6-11H2. The fourth-order valence-electron chi connectivity index (χ4n) is 2.46. The van der Waals surface area contributed by atoms with Crippen molar-refractivity contribution in [3.05, 3.63) is 35.9 Å². The first-order chi connectivity index (χ1) is 9.54. The zero-order chi connectivity index (χ0) is 14.4. The minimum Gasteiger partial charge on any atom is -0.314 e. The van der Waals surface area contributed by atoms with Crippen molar-refractivity contribution in [1.82, 2.24) is 10.2 Å². The first-order valence-electron chi connectivity index (χ1n) is 6.74. The average molecular weight is 304 g/mol. The number of halogens is 3. The Labute approximate surface area is 121 Å². The molecule has 1 aromatic rings. The van der Waals surface area contributed by atoms with Gasteiger partial charge in [-0.25, -0.2) is 0 Å². The summed E-state index contributed by atoms with van der Waals surface area (Å²) in [6.07, 6.45) is 0.879. The number of piperazine rings is 1. The zero-order valence-electron chi connectivity index (χ0n) is 11.2. The van der Waals surface area contributed by atoms with Crippen LogP contribution in [0.1, 0.15) is 5.56 Å². The number of benzene rings is 1. The molecule has 0 bridgehead atoms. The molecule has 0 amide bonds. The summed E-state index contributed by atoms with van der Waals surface area (Å²) in [6, 6.07) is 10.4. The normalized spacial score (nSPS) is 21.1. The third-order valence-corrected chi connectivity index (χ3v) is 4.14. The molecule has 1 aliphatic rings. The van der Waals surface area contributed by atoms with Crippen LogP contribution in [-0.4, -0.2) is 48.4 Å². The number of nitrogens with zero attached hydrogens (tertiary/aromatic N) is 1. The van der Waals surface area contributed by atoms with Crippen LogP contribution in [-0.2, 0) is 6.42 Å². The van der Waals surface area contributed by atoms with Crippen molar-refractivity contribution in [2.45, 2.75) is 18.0 Å². The summed E-state index contributed by atoms with van der Waals surface area (Å²) < 4.78 is 36.6. The Morgan fingerprint density at radius 3 is 2.70 bits per heavy atom. The van der Waals surface area contributed by atoms with Crippen LogP contribution in [0, 0.1) is 0 Å². The van der Waals surface area contributed by atoms with Crippen molar-refractivity contribution in [3.8, 4) is 0 Å². The summed E-state index contributed by atoms with van der Waals surface area (Å²) in [5, 5.41) is 3.32. The van der Waals surface area contributed by atoms with E-state index in [-0.39, 0.29) is 23.6 Å². The number of thioether (sulfide) groups is 1. The molecule has 0 spiro atoms. The molecule has 1 N–H and O–H groups in total. The molecule has 2 rings (SSSR count). The predicted molar refractivity (Wildman–Crippen MR) is 76.9 cm³/mol. The molecule has 6 heteroatoms. The molecule has 0 saturated carbocycles. The van der Waals surface area contributed by atoms with Gasteiger partial charge in [0.15, 0.2) is 0 Å². The van der Waals surface area contributed by atoms with E-state index in [1.807, 2.05) is 18.2 Å². The van der Waals surface area contributed by atoms with Crippen molar-refractivity contribution < 1.29 is 13.2 Å². The number of rotatable bonds is 5. The second kappa shape index (κ2) is 7.33. The van der Waals surface area contributed by atoms with Gasteiger partial charge in [0.05, 0.1) is 0 Å².